The minimum absolute atomic E-state index is 0. The number of benzene rings is 6. The van der Waals surface area contributed by atoms with Crippen molar-refractivity contribution in [2.45, 2.75) is 13.8 Å². The fourth-order valence-corrected chi connectivity index (χ4v) is 10.7. The molecule has 566 valence electrons. The first-order chi connectivity index (χ1) is 52.5. The van der Waals surface area contributed by atoms with E-state index in [1.807, 2.05) is 208 Å². The number of nitrogens with zero attached hydrogens (tertiary/aromatic N) is 12. The third-order valence-corrected chi connectivity index (χ3v) is 15.1. The van der Waals surface area contributed by atoms with Crippen molar-refractivity contribution >= 4 is 64.0 Å². The summed E-state index contributed by atoms with van der Waals surface area (Å²) in [4.78, 5) is 86.1. The number of aromatic amines is 2. The molecule has 0 saturated carbocycles. The summed E-state index contributed by atoms with van der Waals surface area (Å²) in [7, 11) is -11.8. The van der Waals surface area contributed by atoms with Gasteiger partial charge < -0.3 is 23.6 Å². The summed E-state index contributed by atoms with van der Waals surface area (Å²) < 4.78 is 81.7. The van der Waals surface area contributed by atoms with Gasteiger partial charge >= 0.3 is 0 Å². The first-order valence-corrected chi connectivity index (χ1v) is 38.6. The number of rotatable bonds is 3. The molecule has 0 atom stereocenters. The van der Waals surface area contributed by atoms with Gasteiger partial charge in [-0.1, -0.05) is 196 Å². The van der Waals surface area contributed by atoms with Crippen molar-refractivity contribution in [3.05, 3.63) is 314 Å². The standard InChI is InChI=1S/C32H18N8.C14H8O2.3C10H8N2.C2H6.3CH4O3S.2Cr.Ru/c1-2-10-18-17(9-1)25-33-26(18)38-28-21-13-5-6-14-22(21)30(35-28)40-32-24-16-8-7-15-23(24)31(36-32)39-29-20-12-4-3-11-19(20)27(34-29)37-25;15-13-9-5-1-2-6-10(9)14(16)12-8-4-3-7-11(12)13;3*1-3-7-11-9(5-1)10-6-2-4-8-12-10;1-2;3*1-5(2,3)4;;;/h1-16H,(H2,33,34,35,36,37,38,39,40);1-8H;3*1-8H;1-2H3;3*1H3,(H,2,3,4);;;/p-3. The first-order valence-electron chi connectivity index (χ1n) is 33.2. The summed E-state index contributed by atoms with van der Waals surface area (Å²) in [5, 5.41) is 1.98. The Hall–Kier alpha value is -11.7. The molecule has 25 nitrogen and oxygen atoms in total. The fourth-order valence-electron chi connectivity index (χ4n) is 10.7. The number of hydrogen-bond donors (Lipinski definition) is 2. The average molecular weight is 1710 g/mol. The number of pyridine rings is 6. The van der Waals surface area contributed by atoms with Crippen molar-refractivity contribution in [2.75, 3.05) is 18.8 Å². The van der Waals surface area contributed by atoms with Crippen molar-refractivity contribution in [1.29, 1.82) is 0 Å². The largest absolute Gasteiger partial charge is 0.748 e. The number of ketones is 2. The molecule has 11 heterocycles. The van der Waals surface area contributed by atoms with Gasteiger partial charge in [-0.2, -0.15) is 0 Å². The number of nitrogens with one attached hydrogen (secondary N) is 2. The number of fused-ring (bicyclic) bond motifs is 22. The Balaban J connectivity index is 0.000000201. The number of hydrogen-bond acceptors (Lipinski definition) is 23. The number of carbonyl (C=O) groups is 2. The normalized spacial score (nSPS) is 10.9. The van der Waals surface area contributed by atoms with Gasteiger partial charge in [-0.3, -0.25) is 39.5 Å². The van der Waals surface area contributed by atoms with E-state index in [1.165, 1.54) is 0 Å². The third-order valence-electron chi connectivity index (χ3n) is 15.1. The van der Waals surface area contributed by atoms with Crippen molar-refractivity contribution in [2.24, 2.45) is 0 Å². The van der Waals surface area contributed by atoms with Crippen molar-refractivity contribution in [1.82, 2.24) is 69.8 Å². The Bertz CT molecular complexity index is 5460. The van der Waals surface area contributed by atoms with Crippen LogP contribution >= 0.6 is 0 Å². The van der Waals surface area contributed by atoms with Gasteiger partial charge in [0.15, 0.2) is 40.7 Å². The number of aromatic nitrogens is 14. The van der Waals surface area contributed by atoms with Gasteiger partial charge in [-0.05, 0) is 72.8 Å². The maximum atomic E-state index is 12.1. The SMILES string of the molecule is CC.CS(=O)(=O)[O-].CS(=O)(=O)[O-].CS(=O)(=O)[O-].O=C1c2ccccc2C(=O)c2ccccc21.[Cr].[Cr].[Ru].c1ccc(-c2ccccn2)nc1.c1ccc(-c2ccccn2)nc1.c1ccc(-c2ccccn2)nc1.c1ccc2c(c1)-c1nc3nc(nc4[nH]c([nH]c5nc(nc-2n1)-c1ccccc1-5)c1ccccc41)-c1ccccc1-3. The monoisotopic (exact) mass is 1710 g/mol. The number of carbonyl (C=O) groups excluding carboxylic acids is 2. The molecule has 0 amide bonds. The Labute approximate surface area is 680 Å². The Morgan fingerprint density at radius 3 is 0.732 bits per heavy atom. The van der Waals surface area contributed by atoms with Crippen LogP contribution in [-0.4, -0.2) is 139 Å². The molecule has 3 aliphatic heterocycles. The summed E-state index contributed by atoms with van der Waals surface area (Å²) in [6, 6.07) is 80.9. The van der Waals surface area contributed by atoms with Crippen LogP contribution in [0.5, 0.6) is 0 Å². The molecule has 31 heteroatoms. The van der Waals surface area contributed by atoms with Gasteiger partial charge in [0.1, 0.15) is 17.1 Å². The Kier molecular flexibility index (Phi) is 32.4. The quantitative estimate of drug-likeness (QED) is 0.122. The summed E-state index contributed by atoms with van der Waals surface area (Å²) in [6.45, 7) is 4.00. The smallest absolute Gasteiger partial charge is 0.194 e. The Morgan fingerprint density at radius 2 is 0.473 bits per heavy atom. The van der Waals surface area contributed by atoms with Crippen LogP contribution in [0.15, 0.2) is 292 Å². The molecule has 8 aromatic heterocycles. The van der Waals surface area contributed by atoms with E-state index < -0.39 is 30.4 Å². The Morgan fingerprint density at radius 1 is 0.268 bits per heavy atom. The van der Waals surface area contributed by atoms with Crippen LogP contribution in [0.2, 0.25) is 0 Å². The fraction of sp³-hybridized carbons (Fsp3) is 0.0617. The first kappa shape index (κ1) is 87.6. The third kappa shape index (κ3) is 24.7. The van der Waals surface area contributed by atoms with Crippen LogP contribution in [0.4, 0.5) is 0 Å². The summed E-state index contributed by atoms with van der Waals surface area (Å²) in [5.41, 5.74) is 14.6. The zero-order valence-corrected chi connectivity index (χ0v) is 66.7. The van der Waals surface area contributed by atoms with Gasteiger partial charge in [0.25, 0.3) is 0 Å². The molecular weight excluding hydrogens is 1650 g/mol. The van der Waals surface area contributed by atoms with E-state index in [0.717, 1.165) is 84.0 Å². The number of H-pyrrole nitrogens is 2. The predicted octanol–water partition coefficient (Wildman–Crippen LogP) is 14.2. The van der Waals surface area contributed by atoms with Crippen LogP contribution in [0.3, 0.4) is 0 Å². The van der Waals surface area contributed by atoms with Crippen molar-refractivity contribution in [3.63, 3.8) is 0 Å². The molecule has 112 heavy (non-hydrogen) atoms. The van der Waals surface area contributed by atoms with E-state index in [1.54, 1.807) is 85.7 Å². The second-order valence-corrected chi connectivity index (χ2v) is 27.2. The van der Waals surface area contributed by atoms with E-state index >= 15 is 0 Å². The second-order valence-electron chi connectivity index (χ2n) is 22.9. The maximum absolute atomic E-state index is 12.1. The summed E-state index contributed by atoms with van der Waals surface area (Å²) in [5.74, 6) is 3.49. The molecule has 14 aromatic rings. The molecule has 0 saturated heterocycles. The zero-order chi connectivity index (χ0) is 77.5. The van der Waals surface area contributed by atoms with Gasteiger partial charge in [0.05, 0.1) is 64.5 Å². The van der Waals surface area contributed by atoms with Gasteiger partial charge in [-0.15, -0.1) is 0 Å². The average Bonchev–Trinajstić information content (AvgIpc) is 1.70. The molecule has 8 bridgehead atoms. The minimum atomic E-state index is -3.92. The minimum Gasteiger partial charge on any atom is -0.748 e. The molecule has 18 rings (SSSR count). The molecule has 0 spiro atoms. The zero-order valence-electron chi connectivity index (χ0n) is 60.0. The van der Waals surface area contributed by atoms with E-state index in [9.17, 15) is 9.59 Å². The molecular formula is C81H65Cr2N14O11RuS3-3. The summed E-state index contributed by atoms with van der Waals surface area (Å²) >= 11 is 0. The molecule has 6 aromatic carbocycles. The predicted molar refractivity (Wildman–Crippen MR) is 415 cm³/mol. The van der Waals surface area contributed by atoms with E-state index in [2.05, 4.69) is 52.0 Å². The van der Waals surface area contributed by atoms with Crippen LogP contribution < -0.4 is 0 Å². The van der Waals surface area contributed by atoms with Crippen LogP contribution in [0.1, 0.15) is 45.7 Å². The van der Waals surface area contributed by atoms with Gasteiger partial charge in [0.2, 0.25) is 0 Å². The second kappa shape index (κ2) is 41.4. The molecule has 0 radical (unpaired) electrons. The molecule has 2 N–H and O–H groups in total. The van der Waals surface area contributed by atoms with E-state index in [-0.39, 0.29) is 65.8 Å². The molecule has 0 fully saturated rings. The van der Waals surface area contributed by atoms with Crippen LogP contribution in [-0.2, 0) is 84.6 Å². The van der Waals surface area contributed by atoms with Crippen molar-refractivity contribution < 1.29 is 103 Å². The van der Waals surface area contributed by atoms with Crippen molar-refractivity contribution in [3.8, 4) is 102 Å². The molecule has 0 unspecified atom stereocenters. The molecule has 4 aliphatic rings. The topological polar surface area (TPSA) is 392 Å². The van der Waals surface area contributed by atoms with Crippen LogP contribution in [0, 0.1) is 0 Å². The maximum Gasteiger partial charge on any atom is 0.194 e. The van der Waals surface area contributed by atoms with Gasteiger partial charge in [-0.25, -0.2) is 55.2 Å². The van der Waals surface area contributed by atoms with Crippen LogP contribution in [0.25, 0.3) is 125 Å². The van der Waals surface area contributed by atoms with Gasteiger partial charge in [0, 0.05) is 177 Å². The summed E-state index contributed by atoms with van der Waals surface area (Å²) in [6.07, 6.45) is 12.4. The molecule has 1 aliphatic carbocycles. The van der Waals surface area contributed by atoms with E-state index in [0.29, 0.717) is 81.6 Å². The van der Waals surface area contributed by atoms with E-state index in [4.69, 9.17) is 68.8 Å².